The molecule has 0 amide bonds. The summed E-state index contributed by atoms with van der Waals surface area (Å²) in [6.45, 7) is 2.30. The van der Waals surface area contributed by atoms with E-state index in [1.807, 2.05) is 0 Å². The molecule has 2 aromatic rings. The first-order valence-corrected chi connectivity index (χ1v) is 12.7. The summed E-state index contributed by atoms with van der Waals surface area (Å²) in [5.41, 5.74) is 1.41. The van der Waals surface area contributed by atoms with E-state index in [2.05, 4.69) is 55.8 Å². The number of hydrogen-bond acceptors (Lipinski definition) is 0. The molecule has 2 aromatic carbocycles. The van der Waals surface area contributed by atoms with Crippen molar-refractivity contribution in [1.29, 1.82) is 0 Å². The lowest BCUT2D eigenvalue weighted by molar-refractivity contribution is 0.529. The first-order valence-electron chi connectivity index (χ1n) is 12.7. The fourth-order valence-electron chi connectivity index (χ4n) is 4.38. The Morgan fingerprint density at radius 3 is 1.59 bits per heavy atom. The summed E-state index contributed by atoms with van der Waals surface area (Å²) >= 11 is 0. The van der Waals surface area contributed by atoms with Gasteiger partial charge in [-0.05, 0) is 29.2 Å². The van der Waals surface area contributed by atoms with E-state index in [0.717, 1.165) is 0 Å². The van der Waals surface area contributed by atoms with Gasteiger partial charge in [-0.2, -0.15) is 0 Å². The Morgan fingerprint density at radius 2 is 1.00 bits per heavy atom. The topological polar surface area (TPSA) is 0 Å². The van der Waals surface area contributed by atoms with Crippen molar-refractivity contribution in [2.75, 3.05) is 0 Å². The second kappa shape index (κ2) is 16.5. The molecular formula is C29H45. The van der Waals surface area contributed by atoms with Crippen LogP contribution in [0.2, 0.25) is 0 Å². The van der Waals surface area contributed by atoms with Gasteiger partial charge in [0.05, 0.1) is 0 Å². The third-order valence-electron chi connectivity index (χ3n) is 6.25. The van der Waals surface area contributed by atoms with E-state index in [4.69, 9.17) is 0 Å². The van der Waals surface area contributed by atoms with Crippen LogP contribution in [0.25, 0.3) is 10.8 Å². The molecule has 0 heteroatoms. The van der Waals surface area contributed by atoms with Gasteiger partial charge in [-0.1, -0.05) is 152 Å². The highest BCUT2D eigenvalue weighted by Crippen LogP contribution is 2.22. The van der Waals surface area contributed by atoms with Crippen LogP contribution in [0.4, 0.5) is 0 Å². The zero-order chi connectivity index (χ0) is 20.4. The quantitative estimate of drug-likeness (QED) is 0.221. The third kappa shape index (κ3) is 10.9. The Morgan fingerprint density at radius 1 is 0.517 bits per heavy atom. The second-order valence-electron chi connectivity index (χ2n) is 8.86. The highest BCUT2D eigenvalue weighted by molar-refractivity contribution is 5.86. The molecule has 0 unspecified atom stereocenters. The molecule has 0 nitrogen and oxygen atoms in total. The minimum atomic E-state index is 1.21. The lowest BCUT2D eigenvalue weighted by Crippen LogP contribution is -1.86. The highest BCUT2D eigenvalue weighted by atomic mass is 14.1. The zero-order valence-electron chi connectivity index (χ0n) is 19.1. The maximum absolute atomic E-state index is 2.44. The molecule has 0 heterocycles. The molecule has 0 saturated heterocycles. The molecule has 1 radical (unpaired) electrons. The monoisotopic (exact) mass is 393 g/mol. The summed E-state index contributed by atoms with van der Waals surface area (Å²) in [4.78, 5) is 0. The van der Waals surface area contributed by atoms with Crippen molar-refractivity contribution in [2.24, 2.45) is 0 Å². The van der Waals surface area contributed by atoms with Crippen LogP contribution in [-0.2, 0) is 0 Å². The minimum Gasteiger partial charge on any atom is -0.0654 e. The maximum Gasteiger partial charge on any atom is -0.00867 e. The molecule has 0 saturated carbocycles. The van der Waals surface area contributed by atoms with Gasteiger partial charge in [0, 0.05) is 0 Å². The number of rotatable bonds is 18. The molecule has 0 bridgehead atoms. The second-order valence-corrected chi connectivity index (χ2v) is 8.86. The minimum absolute atomic E-state index is 1.21. The SMILES string of the molecule is CCCCCCCCCCCCCCCCCC[CH]c1cccc2ccccc12. The van der Waals surface area contributed by atoms with Crippen LogP contribution in [0, 0.1) is 6.42 Å². The average molecular weight is 394 g/mol. The Hall–Kier alpha value is -1.30. The number of fused-ring (bicyclic) bond motifs is 1. The van der Waals surface area contributed by atoms with Gasteiger partial charge in [-0.25, -0.2) is 0 Å². The number of hydrogen-bond donors (Lipinski definition) is 0. The summed E-state index contributed by atoms with van der Waals surface area (Å²) in [5.74, 6) is 0. The van der Waals surface area contributed by atoms with Crippen molar-refractivity contribution in [2.45, 2.75) is 116 Å². The van der Waals surface area contributed by atoms with Crippen LogP contribution in [0.5, 0.6) is 0 Å². The Bertz CT molecular complexity index is 621. The smallest absolute Gasteiger partial charge is 0.00867 e. The van der Waals surface area contributed by atoms with Gasteiger partial charge in [-0.3, -0.25) is 0 Å². The van der Waals surface area contributed by atoms with Gasteiger partial charge in [0.15, 0.2) is 0 Å². The van der Waals surface area contributed by atoms with Gasteiger partial charge >= 0.3 is 0 Å². The first-order chi connectivity index (χ1) is 14.4. The molecule has 0 fully saturated rings. The van der Waals surface area contributed by atoms with E-state index >= 15 is 0 Å². The summed E-state index contributed by atoms with van der Waals surface area (Å²) in [6.07, 6.45) is 26.7. The Kier molecular flexibility index (Phi) is 13.6. The molecule has 0 atom stereocenters. The standard InChI is InChI=1S/C29H45/c1-2-3-4-5-6-7-8-9-10-11-12-13-14-15-16-17-18-22-27-24-21-25-28-23-19-20-26-29(27)28/h19-26H,2-18H2,1H3. The van der Waals surface area contributed by atoms with Crippen LogP contribution in [-0.4, -0.2) is 0 Å². The van der Waals surface area contributed by atoms with Gasteiger partial charge in [0.2, 0.25) is 0 Å². The molecule has 0 aromatic heterocycles. The summed E-state index contributed by atoms with van der Waals surface area (Å²) in [6, 6.07) is 15.4. The van der Waals surface area contributed by atoms with Crippen LogP contribution < -0.4 is 0 Å². The normalized spacial score (nSPS) is 11.3. The lowest BCUT2D eigenvalue weighted by atomic mass is 9.99. The molecule has 29 heavy (non-hydrogen) atoms. The van der Waals surface area contributed by atoms with E-state index in [1.165, 1.54) is 125 Å². The van der Waals surface area contributed by atoms with E-state index in [9.17, 15) is 0 Å². The van der Waals surface area contributed by atoms with Crippen molar-refractivity contribution < 1.29 is 0 Å². The molecule has 0 spiro atoms. The average Bonchev–Trinajstić information content (AvgIpc) is 2.76. The van der Waals surface area contributed by atoms with Crippen LogP contribution >= 0.6 is 0 Å². The fraction of sp³-hybridized carbons (Fsp3) is 0.621. The van der Waals surface area contributed by atoms with Crippen LogP contribution in [0.1, 0.15) is 122 Å². The van der Waals surface area contributed by atoms with E-state index in [-0.39, 0.29) is 0 Å². The number of unbranched alkanes of at least 4 members (excludes halogenated alkanes) is 16. The molecular weight excluding hydrogens is 348 g/mol. The van der Waals surface area contributed by atoms with Gasteiger partial charge in [0.25, 0.3) is 0 Å². The number of benzene rings is 2. The van der Waals surface area contributed by atoms with Crippen molar-refractivity contribution >= 4 is 10.8 Å². The summed E-state index contributed by atoms with van der Waals surface area (Å²) < 4.78 is 0. The van der Waals surface area contributed by atoms with Gasteiger partial charge < -0.3 is 0 Å². The van der Waals surface area contributed by atoms with E-state index in [0.29, 0.717) is 0 Å². The molecule has 0 N–H and O–H groups in total. The van der Waals surface area contributed by atoms with Crippen molar-refractivity contribution in [3.63, 3.8) is 0 Å². The fourth-order valence-corrected chi connectivity index (χ4v) is 4.38. The zero-order valence-corrected chi connectivity index (χ0v) is 19.1. The Labute approximate surface area is 181 Å². The molecule has 0 aliphatic heterocycles. The predicted molar refractivity (Wildman–Crippen MR) is 132 cm³/mol. The molecule has 161 valence electrons. The van der Waals surface area contributed by atoms with Crippen molar-refractivity contribution in [1.82, 2.24) is 0 Å². The predicted octanol–water partition coefficient (Wildman–Crippen LogP) is 10.0. The Balaban J connectivity index is 1.35. The van der Waals surface area contributed by atoms with Crippen molar-refractivity contribution in [3.8, 4) is 0 Å². The van der Waals surface area contributed by atoms with E-state index in [1.54, 1.807) is 0 Å². The van der Waals surface area contributed by atoms with Crippen LogP contribution in [0.3, 0.4) is 0 Å². The summed E-state index contributed by atoms with van der Waals surface area (Å²) in [5, 5.41) is 2.75. The highest BCUT2D eigenvalue weighted by Gasteiger charge is 2.00. The van der Waals surface area contributed by atoms with Crippen molar-refractivity contribution in [3.05, 3.63) is 54.4 Å². The van der Waals surface area contributed by atoms with Crippen LogP contribution in [0.15, 0.2) is 42.5 Å². The largest absolute Gasteiger partial charge is 0.0654 e. The molecule has 0 aliphatic carbocycles. The van der Waals surface area contributed by atoms with E-state index < -0.39 is 0 Å². The summed E-state index contributed by atoms with van der Waals surface area (Å²) in [7, 11) is 0. The molecule has 2 rings (SSSR count). The first kappa shape index (κ1) is 24.0. The maximum atomic E-state index is 2.44. The van der Waals surface area contributed by atoms with Gasteiger partial charge in [0.1, 0.15) is 0 Å². The van der Waals surface area contributed by atoms with Gasteiger partial charge in [-0.15, -0.1) is 0 Å². The molecule has 0 aliphatic rings. The third-order valence-corrected chi connectivity index (χ3v) is 6.25. The lowest BCUT2D eigenvalue weighted by Gasteiger charge is -2.06.